The van der Waals surface area contributed by atoms with Crippen LogP contribution in [0.5, 0.6) is 0 Å². The number of quaternary nitrogens is 1. The molecule has 1 aromatic rings. The van der Waals surface area contributed by atoms with Crippen LogP contribution < -0.4 is 15.7 Å². The molecule has 0 aromatic heterocycles. The fourth-order valence-corrected chi connectivity index (χ4v) is 2.44. The number of benzene rings is 1. The van der Waals surface area contributed by atoms with Crippen molar-refractivity contribution in [3.05, 3.63) is 29.3 Å². The molecule has 0 aliphatic rings. The summed E-state index contributed by atoms with van der Waals surface area (Å²) in [5.41, 5.74) is 2.90. The summed E-state index contributed by atoms with van der Waals surface area (Å²) in [5.74, 6) is -1.56. The van der Waals surface area contributed by atoms with Crippen molar-refractivity contribution in [1.82, 2.24) is 0 Å². The second-order valence-corrected chi connectivity index (χ2v) is 5.35. The summed E-state index contributed by atoms with van der Waals surface area (Å²) in [6.45, 7) is 4.93. The number of carboxylic acid groups (broad SMARTS) is 1. The maximum absolute atomic E-state index is 12.2. The number of anilines is 1. The third-order valence-electron chi connectivity index (χ3n) is 3.74. The first-order valence-corrected chi connectivity index (χ1v) is 7.97. The molecular weight excluding hydrogens is 296 g/mol. The topological polar surface area (TPSA) is 95.1 Å². The van der Waals surface area contributed by atoms with E-state index in [2.05, 4.69) is 5.32 Å². The molecule has 0 heterocycles. The van der Waals surface area contributed by atoms with Crippen molar-refractivity contribution >= 4 is 17.6 Å². The molecule has 23 heavy (non-hydrogen) atoms. The van der Waals surface area contributed by atoms with Crippen LogP contribution >= 0.6 is 0 Å². The Morgan fingerprint density at radius 3 is 2.35 bits per heavy atom. The second-order valence-electron chi connectivity index (χ2n) is 5.35. The summed E-state index contributed by atoms with van der Waals surface area (Å²) < 4.78 is 4.89. The molecule has 0 radical (unpaired) electrons. The first-order chi connectivity index (χ1) is 11.0. The molecule has 3 N–H and O–H groups in total. The Balaban J connectivity index is 2.76. The highest BCUT2D eigenvalue weighted by Crippen LogP contribution is 2.22. The number of aryl methyl sites for hydroxylation is 2. The van der Waals surface area contributed by atoms with E-state index in [0.29, 0.717) is 13.2 Å². The quantitative estimate of drug-likeness (QED) is 0.566. The Hall–Kier alpha value is -1.92. The number of carboxylic acids is 1. The van der Waals surface area contributed by atoms with Gasteiger partial charge < -0.3 is 25.3 Å². The Kier molecular flexibility index (Phi) is 8.29. The molecule has 1 amide bonds. The Bertz CT molecular complexity index is 509. The molecule has 0 unspecified atom stereocenters. The number of hydrogen-bond donors (Lipinski definition) is 2. The number of rotatable bonds is 10. The first kappa shape index (κ1) is 19.1. The fourth-order valence-electron chi connectivity index (χ4n) is 2.44. The molecule has 0 aliphatic carbocycles. The number of methoxy groups -OCH3 is 1. The smallest absolute Gasteiger partial charge is 0.230 e. The lowest BCUT2D eigenvalue weighted by Crippen LogP contribution is -2.94. The minimum absolute atomic E-state index is 0.132. The largest absolute Gasteiger partial charge is 0.544 e. The Morgan fingerprint density at radius 2 is 1.87 bits per heavy atom. The average molecular weight is 322 g/mol. The summed E-state index contributed by atoms with van der Waals surface area (Å²) in [7, 11) is 1.54. The van der Waals surface area contributed by atoms with Crippen molar-refractivity contribution in [2.24, 2.45) is 0 Å². The molecule has 0 fully saturated rings. The lowest BCUT2D eigenvalue weighted by molar-refractivity contribution is -0.683. The number of carbonyl (C=O) groups is 2. The first-order valence-electron chi connectivity index (χ1n) is 7.97. The second kappa shape index (κ2) is 9.97. The monoisotopic (exact) mass is 322 g/mol. The molecule has 1 rings (SSSR count). The van der Waals surface area contributed by atoms with E-state index in [-0.39, 0.29) is 12.3 Å². The standard InChI is InChI=1S/C17H26N2O4/c1-4-12-7-6-8-13(5-2)16(12)19-15(20)11-14(17(21)22)18-9-10-23-3/h6-8,14,18H,4-5,9-11H2,1-3H3,(H,19,20)(H,21,22)/t14-/m1/s1. The number of carbonyl (C=O) groups excluding carboxylic acids is 2. The Labute approximate surface area is 137 Å². The van der Waals surface area contributed by atoms with Gasteiger partial charge in [0.25, 0.3) is 0 Å². The molecular formula is C17H26N2O4. The molecule has 1 aromatic carbocycles. The highest BCUT2D eigenvalue weighted by Gasteiger charge is 2.19. The van der Waals surface area contributed by atoms with Gasteiger partial charge in [-0.15, -0.1) is 0 Å². The zero-order chi connectivity index (χ0) is 17.2. The SMILES string of the molecule is CCc1cccc(CC)c1NC(=O)C[C@@H]([NH2+]CCOC)C(=O)[O-]. The zero-order valence-corrected chi connectivity index (χ0v) is 14.1. The number of ether oxygens (including phenoxy) is 1. The van der Waals surface area contributed by atoms with Crippen molar-refractivity contribution < 1.29 is 24.7 Å². The molecule has 6 nitrogen and oxygen atoms in total. The highest BCUT2D eigenvalue weighted by molar-refractivity contribution is 5.94. The third-order valence-corrected chi connectivity index (χ3v) is 3.74. The zero-order valence-electron chi connectivity index (χ0n) is 14.1. The summed E-state index contributed by atoms with van der Waals surface area (Å²) in [6.07, 6.45) is 1.47. The van der Waals surface area contributed by atoms with Crippen molar-refractivity contribution in [2.45, 2.75) is 39.2 Å². The molecule has 0 aliphatic heterocycles. The molecule has 6 heteroatoms. The van der Waals surface area contributed by atoms with Crippen molar-refractivity contribution in [3.8, 4) is 0 Å². The van der Waals surface area contributed by atoms with E-state index in [4.69, 9.17) is 4.74 Å². The van der Waals surface area contributed by atoms with E-state index in [9.17, 15) is 14.7 Å². The van der Waals surface area contributed by atoms with Gasteiger partial charge in [-0.2, -0.15) is 0 Å². The van der Waals surface area contributed by atoms with Gasteiger partial charge in [-0.05, 0) is 24.0 Å². The molecule has 0 spiro atoms. The maximum Gasteiger partial charge on any atom is 0.230 e. The van der Waals surface area contributed by atoms with Gasteiger partial charge in [-0.25, -0.2) is 0 Å². The van der Waals surface area contributed by atoms with Crippen molar-refractivity contribution in [2.75, 3.05) is 25.6 Å². The van der Waals surface area contributed by atoms with Gasteiger partial charge in [0.05, 0.1) is 25.5 Å². The number of nitrogens with one attached hydrogen (secondary N) is 1. The number of para-hydroxylation sites is 1. The van der Waals surface area contributed by atoms with Crippen LogP contribution in [0.1, 0.15) is 31.4 Å². The van der Waals surface area contributed by atoms with Crippen LogP contribution in [-0.4, -0.2) is 38.2 Å². The van der Waals surface area contributed by atoms with Gasteiger partial charge in [0.1, 0.15) is 6.04 Å². The van der Waals surface area contributed by atoms with Crippen LogP contribution in [0.2, 0.25) is 0 Å². The summed E-state index contributed by atoms with van der Waals surface area (Å²) in [6, 6.07) is 4.99. The molecule has 0 saturated carbocycles. The van der Waals surface area contributed by atoms with Gasteiger partial charge in [0.2, 0.25) is 5.91 Å². The van der Waals surface area contributed by atoms with Crippen molar-refractivity contribution in [1.29, 1.82) is 0 Å². The summed E-state index contributed by atoms with van der Waals surface area (Å²) in [5, 5.41) is 15.6. The van der Waals surface area contributed by atoms with Gasteiger partial charge >= 0.3 is 0 Å². The minimum Gasteiger partial charge on any atom is -0.544 e. The number of amides is 1. The fraction of sp³-hybridized carbons (Fsp3) is 0.529. The van der Waals surface area contributed by atoms with E-state index in [0.717, 1.165) is 29.7 Å². The molecule has 128 valence electrons. The van der Waals surface area contributed by atoms with Gasteiger partial charge in [0, 0.05) is 12.8 Å². The van der Waals surface area contributed by atoms with E-state index in [1.54, 1.807) is 12.4 Å². The predicted molar refractivity (Wildman–Crippen MR) is 85.9 cm³/mol. The lowest BCUT2D eigenvalue weighted by Gasteiger charge is -2.18. The average Bonchev–Trinajstić information content (AvgIpc) is 2.54. The van der Waals surface area contributed by atoms with E-state index in [1.165, 1.54) is 0 Å². The van der Waals surface area contributed by atoms with E-state index >= 15 is 0 Å². The molecule has 0 bridgehead atoms. The van der Waals surface area contributed by atoms with Gasteiger partial charge in [-0.1, -0.05) is 32.0 Å². The van der Waals surface area contributed by atoms with E-state index < -0.39 is 12.0 Å². The van der Waals surface area contributed by atoms with Crippen LogP contribution in [0.15, 0.2) is 18.2 Å². The highest BCUT2D eigenvalue weighted by atomic mass is 16.5. The molecule has 1 atom stereocenters. The Morgan fingerprint density at radius 1 is 1.26 bits per heavy atom. The number of aliphatic carboxylic acids is 1. The van der Waals surface area contributed by atoms with Crippen LogP contribution in [0.3, 0.4) is 0 Å². The summed E-state index contributed by atoms with van der Waals surface area (Å²) >= 11 is 0. The normalized spacial score (nSPS) is 12.0. The third kappa shape index (κ3) is 6.00. The molecule has 0 saturated heterocycles. The van der Waals surface area contributed by atoms with Gasteiger partial charge in [0.15, 0.2) is 0 Å². The van der Waals surface area contributed by atoms with Crippen LogP contribution in [-0.2, 0) is 27.2 Å². The maximum atomic E-state index is 12.2. The minimum atomic E-state index is -1.24. The van der Waals surface area contributed by atoms with Crippen LogP contribution in [0.25, 0.3) is 0 Å². The van der Waals surface area contributed by atoms with Crippen LogP contribution in [0, 0.1) is 0 Å². The number of nitrogens with two attached hydrogens (primary N) is 1. The predicted octanol–water partition coefficient (Wildman–Crippen LogP) is -0.532. The van der Waals surface area contributed by atoms with E-state index in [1.807, 2.05) is 32.0 Å². The van der Waals surface area contributed by atoms with Gasteiger partial charge in [-0.3, -0.25) is 4.79 Å². The van der Waals surface area contributed by atoms with Crippen LogP contribution in [0.4, 0.5) is 5.69 Å². The summed E-state index contributed by atoms with van der Waals surface area (Å²) in [4.78, 5) is 23.4. The lowest BCUT2D eigenvalue weighted by atomic mass is 10.0. The number of hydrogen-bond acceptors (Lipinski definition) is 4. The van der Waals surface area contributed by atoms with Crippen molar-refractivity contribution in [3.63, 3.8) is 0 Å².